The van der Waals surface area contributed by atoms with Gasteiger partial charge in [-0.25, -0.2) is 0 Å². The van der Waals surface area contributed by atoms with Crippen molar-refractivity contribution in [1.82, 2.24) is 0 Å². The summed E-state index contributed by atoms with van der Waals surface area (Å²) >= 11 is 7.05. The van der Waals surface area contributed by atoms with Crippen LogP contribution in [0.15, 0.2) is 28.2 Å². The molecule has 1 aromatic carbocycles. The van der Waals surface area contributed by atoms with Crippen LogP contribution in [0.5, 0.6) is 0 Å². The van der Waals surface area contributed by atoms with Crippen LogP contribution in [-0.2, 0) is 9.59 Å². The van der Waals surface area contributed by atoms with Gasteiger partial charge in [0, 0.05) is 10.7 Å². The largest absolute Gasteiger partial charge is 0.370 e. The number of hydrogen-bond donors (Lipinski definition) is 3. The molecule has 22 heavy (non-hydrogen) atoms. The molecule has 0 radical (unpaired) electrons. The molecule has 1 aliphatic rings. The maximum absolute atomic E-state index is 12.2. The van der Waals surface area contributed by atoms with E-state index in [-0.39, 0.29) is 23.5 Å². The molecule has 1 heterocycles. The Hall–Kier alpha value is -2.06. The number of aliphatic imine (C=N–C) groups is 2. The van der Waals surface area contributed by atoms with Gasteiger partial charge in [0.05, 0.1) is 6.42 Å². The van der Waals surface area contributed by atoms with Crippen LogP contribution in [0, 0.1) is 6.92 Å². The highest BCUT2D eigenvalue weighted by atomic mass is 35.5. The number of guanidine groups is 1. The number of anilines is 1. The molecule has 0 aromatic heterocycles. The van der Waals surface area contributed by atoms with Crippen molar-refractivity contribution in [3.05, 3.63) is 28.8 Å². The van der Waals surface area contributed by atoms with Crippen molar-refractivity contribution in [1.29, 1.82) is 0 Å². The number of carbonyl (C=O) groups is 2. The van der Waals surface area contributed by atoms with Crippen molar-refractivity contribution in [3.63, 3.8) is 0 Å². The highest BCUT2D eigenvalue weighted by molar-refractivity contribution is 8.15. The van der Waals surface area contributed by atoms with E-state index in [0.717, 1.165) is 17.3 Å². The third-order valence-electron chi connectivity index (χ3n) is 2.78. The molecule has 0 spiro atoms. The van der Waals surface area contributed by atoms with Crippen molar-refractivity contribution in [3.8, 4) is 0 Å². The number of aryl methyl sites for hydroxylation is 1. The lowest BCUT2D eigenvalue weighted by molar-refractivity contribution is -0.121. The van der Waals surface area contributed by atoms with E-state index in [1.54, 1.807) is 18.2 Å². The molecule has 0 unspecified atom stereocenters. The Bertz CT molecular complexity index is 685. The molecular formula is C13H14ClN5O2S. The predicted octanol–water partition coefficient (Wildman–Crippen LogP) is 1.25. The standard InChI is InChI=1S/C13H14ClN5O2S/c1-6-2-3-7(4-8(6)14)17-11(21)9-5-10(20)18-13(22-9)19-12(15)16/h2-4,9H,5H2,1H3,(H,17,21)(H4,15,16,18,19,20)/t9-/m1/s1. The SMILES string of the molecule is Cc1ccc(NC(=O)[C@H]2CC(=O)N=C(N=C(N)N)S2)cc1Cl. The quantitative estimate of drug-likeness (QED) is 0.552. The highest BCUT2D eigenvalue weighted by Crippen LogP contribution is 2.26. The summed E-state index contributed by atoms with van der Waals surface area (Å²) in [4.78, 5) is 31.2. The minimum atomic E-state index is -0.650. The molecule has 1 aromatic rings. The lowest BCUT2D eigenvalue weighted by Crippen LogP contribution is -2.32. The molecule has 0 saturated carbocycles. The van der Waals surface area contributed by atoms with Crippen LogP contribution in [0.25, 0.3) is 0 Å². The van der Waals surface area contributed by atoms with E-state index in [4.69, 9.17) is 23.1 Å². The van der Waals surface area contributed by atoms with Gasteiger partial charge in [-0.1, -0.05) is 29.4 Å². The average molecular weight is 340 g/mol. The summed E-state index contributed by atoms with van der Waals surface area (Å²) in [6, 6.07) is 5.18. The number of carbonyl (C=O) groups excluding carboxylic acids is 2. The zero-order valence-electron chi connectivity index (χ0n) is 11.7. The fourth-order valence-electron chi connectivity index (χ4n) is 1.71. The van der Waals surface area contributed by atoms with Crippen LogP contribution in [0.2, 0.25) is 5.02 Å². The molecule has 0 saturated heterocycles. The summed E-state index contributed by atoms with van der Waals surface area (Å²) in [6.45, 7) is 1.86. The van der Waals surface area contributed by atoms with E-state index >= 15 is 0 Å². The zero-order valence-corrected chi connectivity index (χ0v) is 13.2. The van der Waals surface area contributed by atoms with Gasteiger partial charge in [0.15, 0.2) is 11.1 Å². The van der Waals surface area contributed by atoms with Gasteiger partial charge in [-0.15, -0.1) is 0 Å². The van der Waals surface area contributed by atoms with Gasteiger partial charge in [0.1, 0.15) is 5.25 Å². The van der Waals surface area contributed by atoms with Crippen LogP contribution < -0.4 is 16.8 Å². The second-order valence-corrected chi connectivity index (χ2v) is 6.17. The van der Waals surface area contributed by atoms with Crippen molar-refractivity contribution in [2.45, 2.75) is 18.6 Å². The molecule has 7 nitrogen and oxygen atoms in total. The lowest BCUT2D eigenvalue weighted by Gasteiger charge is -2.18. The molecule has 5 N–H and O–H groups in total. The molecule has 2 rings (SSSR count). The molecule has 9 heteroatoms. The number of nitrogens with one attached hydrogen (secondary N) is 1. The Morgan fingerprint density at radius 3 is 2.86 bits per heavy atom. The van der Waals surface area contributed by atoms with Gasteiger partial charge >= 0.3 is 0 Å². The fraction of sp³-hybridized carbons (Fsp3) is 0.231. The third-order valence-corrected chi connectivity index (χ3v) is 4.25. The number of benzene rings is 1. The van der Waals surface area contributed by atoms with E-state index < -0.39 is 11.2 Å². The van der Waals surface area contributed by atoms with E-state index in [1.165, 1.54) is 0 Å². The second kappa shape index (κ2) is 6.80. The van der Waals surface area contributed by atoms with Gasteiger partial charge in [-0.3, -0.25) is 9.59 Å². The van der Waals surface area contributed by atoms with Crippen LogP contribution in [0.4, 0.5) is 5.69 Å². The summed E-state index contributed by atoms with van der Waals surface area (Å²) in [6.07, 6.45) is -0.0143. The molecule has 0 bridgehead atoms. The first kappa shape index (κ1) is 16.3. The third kappa shape index (κ3) is 4.22. The molecule has 116 valence electrons. The van der Waals surface area contributed by atoms with E-state index in [2.05, 4.69) is 15.3 Å². The topological polar surface area (TPSA) is 123 Å². The lowest BCUT2D eigenvalue weighted by atomic mass is 10.2. The first-order valence-corrected chi connectivity index (χ1v) is 7.55. The number of thioether (sulfide) groups is 1. The normalized spacial score (nSPS) is 17.6. The molecule has 0 aliphatic carbocycles. The Morgan fingerprint density at radius 1 is 1.50 bits per heavy atom. The smallest absolute Gasteiger partial charge is 0.249 e. The summed E-state index contributed by atoms with van der Waals surface area (Å²) in [7, 11) is 0. The van der Waals surface area contributed by atoms with Crippen molar-refractivity contribution in [2.24, 2.45) is 21.5 Å². The van der Waals surface area contributed by atoms with Crippen LogP contribution in [0.3, 0.4) is 0 Å². The monoisotopic (exact) mass is 339 g/mol. The Morgan fingerprint density at radius 2 is 2.23 bits per heavy atom. The molecule has 1 aliphatic heterocycles. The van der Waals surface area contributed by atoms with Gasteiger partial charge < -0.3 is 16.8 Å². The highest BCUT2D eigenvalue weighted by Gasteiger charge is 2.29. The first-order chi connectivity index (χ1) is 10.3. The number of nitrogens with two attached hydrogens (primary N) is 2. The van der Waals surface area contributed by atoms with E-state index in [0.29, 0.717) is 10.7 Å². The predicted molar refractivity (Wildman–Crippen MR) is 89.1 cm³/mol. The van der Waals surface area contributed by atoms with Crippen molar-refractivity contribution in [2.75, 3.05) is 5.32 Å². The maximum atomic E-state index is 12.2. The Kier molecular flexibility index (Phi) is 5.04. The minimum absolute atomic E-state index is 0.0143. The number of rotatable bonds is 2. The molecule has 0 fully saturated rings. The first-order valence-electron chi connectivity index (χ1n) is 6.30. The summed E-state index contributed by atoms with van der Waals surface area (Å²) in [5.74, 6) is -0.997. The number of hydrogen-bond acceptors (Lipinski definition) is 4. The van der Waals surface area contributed by atoms with Crippen molar-refractivity contribution >= 4 is 52.0 Å². The number of amides is 2. The molecule has 2 amide bonds. The number of nitrogens with zero attached hydrogens (tertiary/aromatic N) is 2. The van der Waals surface area contributed by atoms with Gasteiger partial charge in [-0.2, -0.15) is 9.98 Å². The van der Waals surface area contributed by atoms with Gasteiger partial charge in [-0.05, 0) is 24.6 Å². The Balaban J connectivity index is 2.09. The second-order valence-electron chi connectivity index (χ2n) is 4.59. The molecular weight excluding hydrogens is 326 g/mol. The van der Waals surface area contributed by atoms with Gasteiger partial charge in [0.2, 0.25) is 11.8 Å². The van der Waals surface area contributed by atoms with Crippen LogP contribution >= 0.6 is 23.4 Å². The van der Waals surface area contributed by atoms with E-state index in [1.807, 2.05) is 6.92 Å². The number of amidine groups is 1. The van der Waals surface area contributed by atoms with Crippen LogP contribution in [0.1, 0.15) is 12.0 Å². The van der Waals surface area contributed by atoms with Crippen molar-refractivity contribution < 1.29 is 9.59 Å². The maximum Gasteiger partial charge on any atom is 0.249 e. The number of halogens is 1. The van der Waals surface area contributed by atoms with E-state index in [9.17, 15) is 9.59 Å². The summed E-state index contributed by atoms with van der Waals surface area (Å²) < 4.78 is 0. The summed E-state index contributed by atoms with van der Waals surface area (Å²) in [5, 5.41) is 2.69. The average Bonchev–Trinajstić information content (AvgIpc) is 2.41. The summed E-state index contributed by atoms with van der Waals surface area (Å²) in [5.41, 5.74) is 12.0. The van der Waals surface area contributed by atoms with Gasteiger partial charge in [0.25, 0.3) is 0 Å². The Labute approximate surface area is 136 Å². The zero-order chi connectivity index (χ0) is 16.3. The van der Waals surface area contributed by atoms with Crippen LogP contribution in [-0.4, -0.2) is 28.2 Å². The molecule has 1 atom stereocenters. The fourth-order valence-corrected chi connectivity index (χ4v) is 2.85. The minimum Gasteiger partial charge on any atom is -0.370 e.